The van der Waals surface area contributed by atoms with Gasteiger partial charge in [0.1, 0.15) is 5.52 Å². The number of benzene rings is 1. The van der Waals surface area contributed by atoms with Crippen LogP contribution >= 0.6 is 0 Å². The van der Waals surface area contributed by atoms with Crippen molar-refractivity contribution in [1.82, 2.24) is 19.9 Å². The molecule has 0 aliphatic carbocycles. The molecule has 2 atom stereocenters. The largest absolute Gasteiger partial charge is 0.424 e. The Labute approximate surface area is 132 Å². The fourth-order valence-corrected chi connectivity index (χ4v) is 2.99. The number of anilines is 1. The van der Waals surface area contributed by atoms with Crippen LogP contribution in [-0.4, -0.2) is 26.5 Å². The van der Waals surface area contributed by atoms with Crippen molar-refractivity contribution in [2.45, 2.75) is 24.9 Å². The van der Waals surface area contributed by atoms with E-state index in [9.17, 15) is 4.79 Å². The van der Waals surface area contributed by atoms with Crippen molar-refractivity contribution in [3.05, 3.63) is 42.5 Å². The predicted molar refractivity (Wildman–Crippen MR) is 84.7 cm³/mol. The van der Waals surface area contributed by atoms with Gasteiger partial charge in [0.15, 0.2) is 5.58 Å². The van der Waals surface area contributed by atoms with Crippen molar-refractivity contribution in [2.24, 2.45) is 7.05 Å². The fraction of sp³-hybridized carbons (Fsp3) is 0.312. The number of amides is 1. The molecule has 2 aromatic heterocycles. The van der Waals surface area contributed by atoms with Crippen LogP contribution < -0.4 is 10.6 Å². The Kier molecular flexibility index (Phi) is 3.25. The molecule has 0 radical (unpaired) electrons. The molecule has 1 amide bonds. The Morgan fingerprint density at radius 1 is 1.39 bits per heavy atom. The zero-order chi connectivity index (χ0) is 15.8. The summed E-state index contributed by atoms with van der Waals surface area (Å²) in [5, 5.41) is 6.35. The van der Waals surface area contributed by atoms with Crippen LogP contribution in [0.5, 0.6) is 0 Å². The summed E-state index contributed by atoms with van der Waals surface area (Å²) in [6.07, 6.45) is 4.69. The number of piperidine rings is 1. The Balaban J connectivity index is 1.62. The lowest BCUT2D eigenvalue weighted by Gasteiger charge is -2.32. The number of rotatable bonds is 3. The first-order valence-electron chi connectivity index (χ1n) is 7.58. The summed E-state index contributed by atoms with van der Waals surface area (Å²) in [7, 11) is 1.92. The highest BCUT2D eigenvalue weighted by Gasteiger charge is 2.32. The van der Waals surface area contributed by atoms with Crippen LogP contribution in [0.2, 0.25) is 0 Å². The molecule has 118 valence electrons. The molecule has 0 spiro atoms. The van der Waals surface area contributed by atoms with Gasteiger partial charge in [-0.05, 0) is 18.6 Å². The first kappa shape index (κ1) is 13.8. The Hall–Kier alpha value is -2.83. The molecule has 0 unspecified atom stereocenters. The molecule has 1 fully saturated rings. The van der Waals surface area contributed by atoms with Crippen LogP contribution in [0.15, 0.2) is 41.2 Å². The van der Waals surface area contributed by atoms with Crippen LogP contribution in [0.25, 0.3) is 11.1 Å². The molecule has 2 N–H and O–H groups in total. The summed E-state index contributed by atoms with van der Waals surface area (Å²) in [4.78, 5) is 20.4. The van der Waals surface area contributed by atoms with Crippen molar-refractivity contribution in [2.75, 3.05) is 5.32 Å². The highest BCUT2D eigenvalue weighted by atomic mass is 16.4. The van der Waals surface area contributed by atoms with Gasteiger partial charge in [-0.25, -0.2) is 4.98 Å². The number of oxazole rings is 1. The van der Waals surface area contributed by atoms with Gasteiger partial charge in [0, 0.05) is 13.5 Å². The van der Waals surface area contributed by atoms with E-state index >= 15 is 0 Å². The molecular formula is C16H17N5O2. The number of hydrogen-bond acceptors (Lipinski definition) is 5. The van der Waals surface area contributed by atoms with Crippen molar-refractivity contribution in [3.63, 3.8) is 0 Å². The Morgan fingerprint density at radius 2 is 2.26 bits per heavy atom. The lowest BCUT2D eigenvalue weighted by molar-refractivity contribution is -0.123. The van der Waals surface area contributed by atoms with Crippen LogP contribution in [0.1, 0.15) is 24.6 Å². The monoisotopic (exact) mass is 311 g/mol. The van der Waals surface area contributed by atoms with Crippen molar-refractivity contribution in [3.8, 4) is 0 Å². The first-order valence-corrected chi connectivity index (χ1v) is 7.58. The average molecular weight is 311 g/mol. The molecule has 7 nitrogen and oxygen atoms in total. The Morgan fingerprint density at radius 3 is 3.04 bits per heavy atom. The number of para-hydroxylation sites is 2. The first-order chi connectivity index (χ1) is 11.2. The van der Waals surface area contributed by atoms with E-state index in [4.69, 9.17) is 4.42 Å². The van der Waals surface area contributed by atoms with Crippen LogP contribution in [0.4, 0.5) is 6.01 Å². The average Bonchev–Trinajstić information content (AvgIpc) is 3.14. The number of carbonyl (C=O) groups is 1. The maximum absolute atomic E-state index is 11.8. The van der Waals surface area contributed by atoms with E-state index < -0.39 is 0 Å². The van der Waals surface area contributed by atoms with Gasteiger partial charge < -0.3 is 19.6 Å². The second kappa shape index (κ2) is 5.42. The SMILES string of the molecule is Cn1cncc1[C@@H]1NC(=O)CC[C@H]1Nc1nc2ccccc2o1. The minimum absolute atomic E-state index is 0.00355. The van der Waals surface area contributed by atoms with E-state index in [1.165, 1.54) is 0 Å². The van der Waals surface area contributed by atoms with Gasteiger partial charge in [-0.1, -0.05) is 12.1 Å². The van der Waals surface area contributed by atoms with Crippen LogP contribution in [-0.2, 0) is 11.8 Å². The summed E-state index contributed by atoms with van der Waals surface area (Å²) < 4.78 is 7.65. The van der Waals surface area contributed by atoms with E-state index in [1.807, 2.05) is 35.9 Å². The van der Waals surface area contributed by atoms with Gasteiger partial charge in [-0.15, -0.1) is 0 Å². The maximum Gasteiger partial charge on any atom is 0.295 e. The normalized spacial score (nSPS) is 21.3. The summed E-state index contributed by atoms with van der Waals surface area (Å²) in [5.41, 5.74) is 2.51. The zero-order valence-electron chi connectivity index (χ0n) is 12.7. The van der Waals surface area contributed by atoms with Gasteiger partial charge in [0.25, 0.3) is 6.01 Å². The number of nitrogens with one attached hydrogen (secondary N) is 2. The van der Waals surface area contributed by atoms with Gasteiger partial charge >= 0.3 is 0 Å². The number of nitrogens with zero attached hydrogens (tertiary/aromatic N) is 3. The molecule has 3 aromatic rings. The molecule has 1 aliphatic heterocycles. The number of carbonyl (C=O) groups excluding carboxylic acids is 1. The summed E-state index contributed by atoms with van der Waals surface area (Å²) in [6.45, 7) is 0. The van der Waals surface area contributed by atoms with Gasteiger partial charge in [-0.3, -0.25) is 4.79 Å². The highest BCUT2D eigenvalue weighted by Crippen LogP contribution is 2.27. The third-order valence-corrected chi connectivity index (χ3v) is 4.18. The summed E-state index contributed by atoms with van der Waals surface area (Å²) in [5.74, 6) is 0.0480. The molecular weight excluding hydrogens is 294 g/mol. The van der Waals surface area contributed by atoms with Gasteiger partial charge in [0.05, 0.1) is 30.3 Å². The molecule has 0 bridgehead atoms. The molecule has 0 saturated carbocycles. The van der Waals surface area contributed by atoms with Crippen LogP contribution in [0.3, 0.4) is 0 Å². The highest BCUT2D eigenvalue weighted by molar-refractivity contribution is 5.78. The van der Waals surface area contributed by atoms with Gasteiger partial charge in [-0.2, -0.15) is 4.98 Å². The van der Waals surface area contributed by atoms with E-state index in [1.54, 1.807) is 12.5 Å². The lowest BCUT2D eigenvalue weighted by Crippen LogP contribution is -2.45. The molecule has 4 rings (SSSR count). The number of fused-ring (bicyclic) bond motifs is 1. The topological polar surface area (TPSA) is 85.0 Å². The molecule has 3 heterocycles. The molecule has 23 heavy (non-hydrogen) atoms. The lowest BCUT2D eigenvalue weighted by atomic mass is 9.95. The predicted octanol–water partition coefficient (Wildman–Crippen LogP) is 1.99. The molecule has 1 aliphatic rings. The summed E-state index contributed by atoms with van der Waals surface area (Å²) in [6, 6.07) is 7.93. The van der Waals surface area contributed by atoms with Crippen molar-refractivity contribution >= 4 is 23.0 Å². The van der Waals surface area contributed by atoms with Crippen LogP contribution in [0, 0.1) is 0 Å². The standard InChI is InChI=1S/C16H17N5O2/c1-21-9-17-8-12(21)15-11(6-7-14(22)20-15)19-16-18-10-4-2-3-5-13(10)23-16/h2-5,8-9,11,15H,6-7H2,1H3,(H,18,19)(H,20,22)/t11-,15-/m1/s1. The van der Waals surface area contributed by atoms with Gasteiger partial charge in [0.2, 0.25) is 5.91 Å². The third kappa shape index (κ3) is 2.54. The van der Waals surface area contributed by atoms with E-state index in [2.05, 4.69) is 20.6 Å². The zero-order valence-corrected chi connectivity index (χ0v) is 12.7. The minimum Gasteiger partial charge on any atom is -0.424 e. The molecule has 1 aromatic carbocycles. The van der Waals surface area contributed by atoms with E-state index in [0.717, 1.165) is 16.8 Å². The van der Waals surface area contributed by atoms with Crippen molar-refractivity contribution < 1.29 is 9.21 Å². The third-order valence-electron chi connectivity index (χ3n) is 4.18. The summed E-state index contributed by atoms with van der Waals surface area (Å²) >= 11 is 0. The molecule has 7 heteroatoms. The van der Waals surface area contributed by atoms with Crippen molar-refractivity contribution in [1.29, 1.82) is 0 Å². The Bertz CT molecular complexity index is 820. The molecule has 1 saturated heterocycles. The second-order valence-electron chi connectivity index (χ2n) is 5.75. The smallest absolute Gasteiger partial charge is 0.295 e. The quantitative estimate of drug-likeness (QED) is 0.772. The fourth-order valence-electron chi connectivity index (χ4n) is 2.99. The maximum atomic E-state index is 11.8. The number of imidazole rings is 1. The number of hydrogen-bond donors (Lipinski definition) is 2. The number of aromatic nitrogens is 3. The minimum atomic E-state index is -0.168. The van der Waals surface area contributed by atoms with E-state index in [0.29, 0.717) is 18.9 Å². The second-order valence-corrected chi connectivity index (χ2v) is 5.75. The number of aryl methyl sites for hydroxylation is 1. The van der Waals surface area contributed by atoms with E-state index in [-0.39, 0.29) is 18.0 Å².